The number of rotatable bonds is 4. The van der Waals surface area contributed by atoms with Gasteiger partial charge in [0.05, 0.1) is 18.2 Å². The van der Waals surface area contributed by atoms with Gasteiger partial charge >= 0.3 is 0 Å². The smallest absolute Gasteiger partial charge is 0.250 e. The number of nitrogen functional groups attached to an aromatic ring is 1. The van der Waals surface area contributed by atoms with E-state index in [4.69, 9.17) is 10.5 Å². The Hall–Kier alpha value is -3.75. The van der Waals surface area contributed by atoms with Crippen molar-refractivity contribution in [2.24, 2.45) is 12.5 Å². The van der Waals surface area contributed by atoms with E-state index in [1.54, 1.807) is 6.20 Å². The van der Waals surface area contributed by atoms with Crippen LogP contribution in [0.5, 0.6) is 5.88 Å². The molecule has 3 aromatic heterocycles. The third-order valence-corrected chi connectivity index (χ3v) is 7.61. The van der Waals surface area contributed by atoms with Crippen molar-refractivity contribution in [1.82, 2.24) is 24.4 Å². The van der Waals surface area contributed by atoms with Crippen LogP contribution in [0.15, 0.2) is 37.3 Å². The summed E-state index contributed by atoms with van der Waals surface area (Å²) in [7, 11) is 3.34. The minimum atomic E-state index is -0.541. The van der Waals surface area contributed by atoms with Crippen LogP contribution >= 0.6 is 0 Å². The molecule has 2 aliphatic rings. The molecule has 0 radical (unpaired) electrons. The summed E-state index contributed by atoms with van der Waals surface area (Å²) in [5, 5.41) is 0.689. The monoisotopic (exact) mass is 476 g/mol. The molecule has 1 aliphatic heterocycles. The van der Waals surface area contributed by atoms with Crippen molar-refractivity contribution in [3.8, 4) is 17.0 Å². The normalized spacial score (nSPS) is 17.5. The van der Waals surface area contributed by atoms with Gasteiger partial charge in [0.2, 0.25) is 11.8 Å². The number of carbonyl (C=O) groups is 1. The molecule has 1 saturated heterocycles. The van der Waals surface area contributed by atoms with Crippen molar-refractivity contribution in [2.75, 3.05) is 25.9 Å². The number of anilines is 1. The number of nitrogens with two attached hydrogens (primary N) is 1. The van der Waals surface area contributed by atoms with E-state index in [2.05, 4.69) is 27.6 Å². The maximum absolute atomic E-state index is 14.7. The maximum atomic E-state index is 14.7. The molecular weight excluding hydrogens is 447 g/mol. The predicted molar refractivity (Wildman–Crippen MR) is 133 cm³/mol. The van der Waals surface area contributed by atoms with Gasteiger partial charge < -0.3 is 19.9 Å². The van der Waals surface area contributed by atoms with Crippen molar-refractivity contribution in [3.63, 3.8) is 0 Å². The second-order valence-corrected chi connectivity index (χ2v) is 9.42. The first kappa shape index (κ1) is 23.0. The molecule has 1 spiro atoms. The molecule has 182 valence electrons. The molecule has 1 amide bonds. The number of pyridine rings is 1. The number of methoxy groups -OCH3 is 1. The third kappa shape index (κ3) is 3.84. The number of ether oxygens (including phenoxy) is 1. The first-order valence-electron chi connectivity index (χ1n) is 11.8. The molecule has 0 bridgehead atoms. The van der Waals surface area contributed by atoms with E-state index in [1.165, 1.54) is 31.2 Å². The molecule has 4 heterocycles. The van der Waals surface area contributed by atoms with Gasteiger partial charge in [0.1, 0.15) is 17.8 Å². The Labute approximate surface area is 203 Å². The van der Waals surface area contributed by atoms with Crippen LogP contribution in [0.25, 0.3) is 27.7 Å². The Morgan fingerprint density at radius 3 is 2.66 bits per heavy atom. The summed E-state index contributed by atoms with van der Waals surface area (Å²) in [5.74, 6) is -0.248. The largest absolute Gasteiger partial charge is 0.479 e. The fourth-order valence-electron chi connectivity index (χ4n) is 5.59. The lowest BCUT2D eigenvalue weighted by atomic mass is 9.68. The molecule has 1 fully saturated rings. The van der Waals surface area contributed by atoms with Crippen molar-refractivity contribution in [3.05, 3.63) is 48.8 Å². The summed E-state index contributed by atoms with van der Waals surface area (Å²) in [5.41, 5.74) is 10.7. The number of fused-ring (bicyclic) bond motifs is 1. The van der Waals surface area contributed by atoms with Crippen LogP contribution in [0.3, 0.4) is 0 Å². The molecule has 0 atom stereocenters. The lowest BCUT2D eigenvalue weighted by Gasteiger charge is -2.43. The molecule has 5 rings (SSSR count). The Balaban J connectivity index is 1.55. The summed E-state index contributed by atoms with van der Waals surface area (Å²) in [6, 6.07) is 1.42. The Bertz CT molecular complexity index is 1350. The van der Waals surface area contributed by atoms with Gasteiger partial charge in [0, 0.05) is 37.5 Å². The fraction of sp³-hybridized carbons (Fsp3) is 0.385. The van der Waals surface area contributed by atoms with Gasteiger partial charge in [-0.25, -0.2) is 19.3 Å². The van der Waals surface area contributed by atoms with Crippen LogP contribution in [-0.4, -0.2) is 50.5 Å². The quantitative estimate of drug-likeness (QED) is 0.569. The zero-order chi connectivity index (χ0) is 24.7. The highest BCUT2D eigenvalue weighted by atomic mass is 19.1. The number of carbonyl (C=O) groups excluding carboxylic acids is 1. The minimum absolute atomic E-state index is 0.00562. The third-order valence-electron chi connectivity index (χ3n) is 7.61. The number of hydrogen-bond acceptors (Lipinski definition) is 6. The van der Waals surface area contributed by atoms with Crippen molar-refractivity contribution >= 4 is 28.3 Å². The molecule has 0 saturated carbocycles. The summed E-state index contributed by atoms with van der Waals surface area (Å²) in [4.78, 5) is 26.7. The maximum Gasteiger partial charge on any atom is 0.250 e. The highest BCUT2D eigenvalue weighted by Crippen LogP contribution is 2.48. The lowest BCUT2D eigenvalue weighted by Crippen LogP contribution is -2.43. The number of allylic oxidation sites excluding steroid dienone is 2. The van der Waals surface area contributed by atoms with E-state index >= 15 is 0 Å². The SMILES string of the molecule is C=CC(=O)N1CCC2(CC=C(c3c(-c4cnc(OC)c(F)c4)c4c(N)ncnc4n3C)CC2)CC1. The first-order chi connectivity index (χ1) is 16.9. The van der Waals surface area contributed by atoms with Gasteiger partial charge in [-0.3, -0.25) is 4.79 Å². The summed E-state index contributed by atoms with van der Waals surface area (Å²) < 4.78 is 21.7. The predicted octanol–water partition coefficient (Wildman–Crippen LogP) is 4.12. The topological polar surface area (TPSA) is 99.2 Å². The summed E-state index contributed by atoms with van der Waals surface area (Å²) >= 11 is 0. The second kappa shape index (κ2) is 8.79. The second-order valence-electron chi connectivity index (χ2n) is 9.42. The van der Waals surface area contributed by atoms with E-state index in [0.717, 1.165) is 56.5 Å². The number of aryl methyl sites for hydroxylation is 1. The van der Waals surface area contributed by atoms with E-state index in [-0.39, 0.29) is 17.2 Å². The van der Waals surface area contributed by atoms with Crippen LogP contribution in [0.1, 0.15) is 37.8 Å². The number of amides is 1. The van der Waals surface area contributed by atoms with Crippen LogP contribution in [0.2, 0.25) is 0 Å². The van der Waals surface area contributed by atoms with E-state index < -0.39 is 5.82 Å². The molecule has 0 aromatic carbocycles. The van der Waals surface area contributed by atoms with Gasteiger partial charge in [0.15, 0.2) is 5.82 Å². The molecular formula is C26H29FN6O2. The standard InChI is InChI=1S/C26H29FN6O2/c1-4-19(34)33-11-9-26(10-12-33)7-5-16(6-8-26)22-20(17-13-18(27)25(35-3)29-14-17)21-23(28)30-15-31-24(21)32(22)2/h4-5,13-15H,1,6-12H2,2-3H3,(H2,28,30,31). The molecule has 35 heavy (non-hydrogen) atoms. The van der Waals surface area contributed by atoms with Crippen molar-refractivity contribution in [1.29, 1.82) is 0 Å². The highest BCUT2D eigenvalue weighted by molar-refractivity contribution is 6.05. The molecule has 8 nitrogen and oxygen atoms in total. The van der Waals surface area contributed by atoms with Crippen LogP contribution in [0, 0.1) is 11.2 Å². The summed E-state index contributed by atoms with van der Waals surface area (Å²) in [6.45, 7) is 5.13. The van der Waals surface area contributed by atoms with Crippen molar-refractivity contribution < 1.29 is 13.9 Å². The van der Waals surface area contributed by atoms with Crippen molar-refractivity contribution in [2.45, 2.75) is 32.1 Å². The van der Waals surface area contributed by atoms with Gasteiger partial charge in [-0.05, 0) is 55.2 Å². The van der Waals surface area contributed by atoms with E-state index in [0.29, 0.717) is 22.4 Å². The fourth-order valence-corrected chi connectivity index (χ4v) is 5.59. The Morgan fingerprint density at radius 1 is 1.26 bits per heavy atom. The lowest BCUT2D eigenvalue weighted by molar-refractivity contribution is -0.128. The average molecular weight is 477 g/mol. The van der Waals surface area contributed by atoms with Gasteiger partial charge in [-0.15, -0.1) is 0 Å². The first-order valence-corrected chi connectivity index (χ1v) is 11.8. The molecule has 2 N–H and O–H groups in total. The van der Waals surface area contributed by atoms with Crippen LogP contribution in [0.4, 0.5) is 10.2 Å². The minimum Gasteiger partial charge on any atom is -0.479 e. The van der Waals surface area contributed by atoms with Gasteiger partial charge in [0.25, 0.3) is 0 Å². The highest BCUT2D eigenvalue weighted by Gasteiger charge is 2.37. The average Bonchev–Trinajstić information content (AvgIpc) is 3.18. The Morgan fingerprint density at radius 2 is 2.03 bits per heavy atom. The summed E-state index contributed by atoms with van der Waals surface area (Å²) in [6.07, 6.45) is 11.5. The number of piperidine rings is 1. The number of aromatic nitrogens is 4. The van der Waals surface area contributed by atoms with Gasteiger partial charge in [-0.1, -0.05) is 12.7 Å². The van der Waals surface area contributed by atoms with Crippen LogP contribution in [-0.2, 0) is 11.8 Å². The zero-order valence-electron chi connectivity index (χ0n) is 20.1. The van der Waals surface area contributed by atoms with E-state index in [9.17, 15) is 9.18 Å². The zero-order valence-corrected chi connectivity index (χ0v) is 20.1. The molecule has 1 aliphatic carbocycles. The molecule has 9 heteroatoms. The number of hydrogen-bond donors (Lipinski definition) is 1. The number of nitrogens with zero attached hydrogens (tertiary/aromatic N) is 5. The number of halogens is 1. The van der Waals surface area contributed by atoms with Crippen LogP contribution < -0.4 is 10.5 Å². The van der Waals surface area contributed by atoms with E-state index in [1.807, 2.05) is 16.5 Å². The molecule has 3 aromatic rings. The number of likely N-dealkylation sites (tertiary alicyclic amines) is 1. The van der Waals surface area contributed by atoms with Gasteiger partial charge in [-0.2, -0.15) is 0 Å². The Kier molecular flexibility index (Phi) is 5.78. The molecule has 0 unspecified atom stereocenters.